The summed E-state index contributed by atoms with van der Waals surface area (Å²) in [7, 11) is 0. The topological polar surface area (TPSA) is 67.9 Å². The first-order valence-corrected chi connectivity index (χ1v) is 10.3. The highest BCUT2D eigenvalue weighted by Crippen LogP contribution is 2.34. The highest BCUT2D eigenvalue weighted by atomic mass is 19.1. The summed E-state index contributed by atoms with van der Waals surface area (Å²) in [4.78, 5) is 26.6. The van der Waals surface area contributed by atoms with Gasteiger partial charge in [-0.15, -0.1) is 0 Å². The molecule has 1 aliphatic heterocycles. The molecule has 6 nitrogen and oxygen atoms in total. The molecule has 164 valence electrons. The smallest absolute Gasteiger partial charge is 0.265 e. The van der Waals surface area contributed by atoms with E-state index < -0.39 is 5.82 Å². The number of aryl methyl sites for hydroxylation is 1. The van der Waals surface area contributed by atoms with Crippen LogP contribution in [0.25, 0.3) is 0 Å². The van der Waals surface area contributed by atoms with Crippen molar-refractivity contribution in [1.82, 2.24) is 0 Å². The van der Waals surface area contributed by atoms with Gasteiger partial charge in [0.2, 0.25) is 0 Å². The Labute approximate surface area is 185 Å². The summed E-state index contributed by atoms with van der Waals surface area (Å²) in [5.41, 5.74) is 2.60. The van der Waals surface area contributed by atoms with E-state index in [4.69, 9.17) is 9.47 Å². The first kappa shape index (κ1) is 21.4. The van der Waals surface area contributed by atoms with Gasteiger partial charge in [0.15, 0.2) is 6.61 Å². The molecule has 1 heterocycles. The van der Waals surface area contributed by atoms with E-state index in [2.05, 4.69) is 5.32 Å². The molecule has 3 aromatic rings. The van der Waals surface area contributed by atoms with E-state index in [1.54, 1.807) is 23.1 Å². The molecular weight excluding hydrogens is 411 g/mol. The van der Waals surface area contributed by atoms with Crippen LogP contribution in [0.3, 0.4) is 0 Å². The van der Waals surface area contributed by atoms with Crippen molar-refractivity contribution in [1.29, 1.82) is 0 Å². The van der Waals surface area contributed by atoms with E-state index in [0.717, 1.165) is 11.3 Å². The molecule has 2 amide bonds. The fourth-order valence-electron chi connectivity index (χ4n) is 3.38. The van der Waals surface area contributed by atoms with Gasteiger partial charge in [0.1, 0.15) is 17.3 Å². The van der Waals surface area contributed by atoms with Gasteiger partial charge in [0.05, 0.1) is 12.3 Å². The fraction of sp³-hybridized carbons (Fsp3) is 0.200. The van der Waals surface area contributed by atoms with Crippen molar-refractivity contribution in [2.24, 2.45) is 0 Å². The van der Waals surface area contributed by atoms with E-state index >= 15 is 0 Å². The minimum Gasteiger partial charge on any atom is -0.494 e. The van der Waals surface area contributed by atoms with Crippen LogP contribution in [0.5, 0.6) is 11.5 Å². The first-order chi connectivity index (χ1) is 15.5. The number of carbonyl (C=O) groups excluding carboxylic acids is 2. The first-order valence-electron chi connectivity index (χ1n) is 10.3. The summed E-state index contributed by atoms with van der Waals surface area (Å²) >= 11 is 0. The lowest BCUT2D eigenvalue weighted by atomic mass is 10.1. The molecule has 0 atom stereocenters. The number of ether oxygens (including phenoxy) is 2. The molecule has 0 radical (unpaired) electrons. The summed E-state index contributed by atoms with van der Waals surface area (Å²) in [6.07, 6.45) is 0.630. The normalized spacial score (nSPS) is 12.7. The zero-order chi connectivity index (χ0) is 22.5. The number of benzene rings is 3. The number of carbonyl (C=O) groups is 2. The third-order valence-corrected chi connectivity index (χ3v) is 5.08. The van der Waals surface area contributed by atoms with Crippen molar-refractivity contribution in [2.45, 2.75) is 13.3 Å². The molecule has 0 unspecified atom stereocenters. The van der Waals surface area contributed by atoms with Crippen molar-refractivity contribution in [3.05, 3.63) is 83.7 Å². The Morgan fingerprint density at radius 3 is 2.59 bits per heavy atom. The number of nitrogens with zero attached hydrogens (tertiary/aromatic N) is 1. The zero-order valence-corrected chi connectivity index (χ0v) is 17.6. The van der Waals surface area contributed by atoms with Crippen LogP contribution in [-0.4, -0.2) is 31.6 Å². The van der Waals surface area contributed by atoms with Gasteiger partial charge >= 0.3 is 0 Å². The summed E-state index contributed by atoms with van der Waals surface area (Å²) in [6.45, 7) is 2.90. The Bertz CT molecular complexity index is 1110. The lowest BCUT2D eigenvalue weighted by Gasteiger charge is -2.30. The molecule has 3 aromatic carbocycles. The van der Waals surface area contributed by atoms with Crippen LogP contribution in [0.1, 0.15) is 22.3 Å². The Hall–Kier alpha value is -3.87. The third kappa shape index (κ3) is 5.06. The maximum absolute atomic E-state index is 13.1. The molecule has 32 heavy (non-hydrogen) atoms. The minimum absolute atomic E-state index is 0.0346. The SMILES string of the molecule is Cc1ccc(OCCCN2C(=O)COc3ccc(NC(=O)c4ccc(F)cc4)cc32)cc1. The Kier molecular flexibility index (Phi) is 6.35. The van der Waals surface area contributed by atoms with Crippen molar-refractivity contribution >= 4 is 23.2 Å². The van der Waals surface area contributed by atoms with E-state index in [9.17, 15) is 14.0 Å². The van der Waals surface area contributed by atoms with Crippen LogP contribution in [0, 0.1) is 12.7 Å². The van der Waals surface area contributed by atoms with E-state index in [1.165, 1.54) is 24.3 Å². The minimum atomic E-state index is -0.409. The number of hydrogen-bond acceptors (Lipinski definition) is 4. The fourth-order valence-corrected chi connectivity index (χ4v) is 3.38. The number of rotatable bonds is 7. The number of fused-ring (bicyclic) bond motifs is 1. The van der Waals surface area contributed by atoms with Gasteiger partial charge in [0.25, 0.3) is 11.8 Å². The van der Waals surface area contributed by atoms with Crippen molar-refractivity contribution < 1.29 is 23.5 Å². The van der Waals surface area contributed by atoms with E-state index in [0.29, 0.717) is 42.3 Å². The number of amides is 2. The number of nitrogens with one attached hydrogen (secondary N) is 1. The Morgan fingerprint density at radius 2 is 1.84 bits per heavy atom. The molecule has 0 bridgehead atoms. The van der Waals surface area contributed by atoms with Gasteiger partial charge in [0, 0.05) is 17.8 Å². The molecule has 7 heteroatoms. The van der Waals surface area contributed by atoms with Gasteiger partial charge in [-0.25, -0.2) is 4.39 Å². The van der Waals surface area contributed by atoms with Crippen molar-refractivity contribution in [3.8, 4) is 11.5 Å². The molecule has 0 aromatic heterocycles. The van der Waals surface area contributed by atoms with Crippen LogP contribution in [0.2, 0.25) is 0 Å². The summed E-state index contributed by atoms with van der Waals surface area (Å²) in [5.74, 6) is 0.424. The molecule has 1 aliphatic rings. The second-order valence-corrected chi connectivity index (χ2v) is 7.49. The summed E-state index contributed by atoms with van der Waals surface area (Å²) < 4.78 is 24.4. The van der Waals surface area contributed by atoms with Gasteiger partial charge in [-0.2, -0.15) is 0 Å². The average Bonchev–Trinajstić information content (AvgIpc) is 2.79. The van der Waals surface area contributed by atoms with Gasteiger partial charge in [-0.05, 0) is 67.9 Å². The summed E-state index contributed by atoms with van der Waals surface area (Å²) in [5, 5.41) is 2.78. The predicted molar refractivity (Wildman–Crippen MR) is 120 cm³/mol. The highest BCUT2D eigenvalue weighted by molar-refractivity contribution is 6.05. The van der Waals surface area contributed by atoms with Crippen LogP contribution < -0.4 is 19.7 Å². The molecule has 0 spiro atoms. The molecule has 1 N–H and O–H groups in total. The lowest BCUT2D eigenvalue weighted by Crippen LogP contribution is -2.39. The van der Waals surface area contributed by atoms with Crippen molar-refractivity contribution in [2.75, 3.05) is 30.0 Å². The van der Waals surface area contributed by atoms with Gasteiger partial charge in [-0.1, -0.05) is 17.7 Å². The quantitative estimate of drug-likeness (QED) is 0.553. The lowest BCUT2D eigenvalue weighted by molar-refractivity contribution is -0.121. The number of halogens is 1. The van der Waals surface area contributed by atoms with Crippen LogP contribution in [0.15, 0.2) is 66.7 Å². The largest absolute Gasteiger partial charge is 0.494 e. The highest BCUT2D eigenvalue weighted by Gasteiger charge is 2.25. The molecule has 0 aliphatic carbocycles. The van der Waals surface area contributed by atoms with Crippen LogP contribution >= 0.6 is 0 Å². The van der Waals surface area contributed by atoms with Crippen LogP contribution in [0.4, 0.5) is 15.8 Å². The van der Waals surface area contributed by atoms with Crippen LogP contribution in [-0.2, 0) is 4.79 Å². The second kappa shape index (κ2) is 9.51. The van der Waals surface area contributed by atoms with Crippen molar-refractivity contribution in [3.63, 3.8) is 0 Å². The van der Waals surface area contributed by atoms with Gasteiger partial charge < -0.3 is 19.7 Å². The molecule has 0 saturated carbocycles. The standard InChI is InChI=1S/C25H23FN2O4/c1-17-3-10-21(11-4-17)31-14-2-13-28-22-15-20(9-12-23(22)32-16-24(28)29)27-25(30)18-5-7-19(26)8-6-18/h3-12,15H,2,13-14,16H2,1H3,(H,27,30). The zero-order valence-electron chi connectivity index (χ0n) is 17.6. The van der Waals surface area contributed by atoms with Gasteiger partial charge in [-0.3, -0.25) is 9.59 Å². The molecule has 0 fully saturated rings. The third-order valence-electron chi connectivity index (χ3n) is 5.08. The maximum Gasteiger partial charge on any atom is 0.265 e. The second-order valence-electron chi connectivity index (χ2n) is 7.49. The molecular formula is C25H23FN2O4. The molecule has 4 rings (SSSR count). The molecule has 0 saturated heterocycles. The Balaban J connectivity index is 1.41. The maximum atomic E-state index is 13.1. The summed E-state index contributed by atoms with van der Waals surface area (Å²) in [6, 6.07) is 18.2. The number of hydrogen-bond donors (Lipinski definition) is 1. The average molecular weight is 434 g/mol. The van der Waals surface area contributed by atoms with E-state index in [-0.39, 0.29) is 18.4 Å². The monoisotopic (exact) mass is 434 g/mol. The Morgan fingerprint density at radius 1 is 1.09 bits per heavy atom. The van der Waals surface area contributed by atoms with E-state index in [1.807, 2.05) is 31.2 Å². The number of anilines is 2. The predicted octanol–water partition coefficient (Wildman–Crippen LogP) is 4.58.